The first-order valence-corrected chi connectivity index (χ1v) is 8.79. The summed E-state index contributed by atoms with van der Waals surface area (Å²) in [6.45, 7) is 2.27. The maximum absolute atomic E-state index is 5.03. The van der Waals surface area contributed by atoms with Gasteiger partial charge in [0, 0.05) is 36.9 Å². The summed E-state index contributed by atoms with van der Waals surface area (Å²) in [5.74, 6) is 1.14. The monoisotopic (exact) mass is 312 g/mol. The second kappa shape index (κ2) is 5.47. The fourth-order valence-electron chi connectivity index (χ4n) is 3.45. The number of nitrogens with zero attached hydrogens (tertiary/aromatic N) is 4. The molecule has 1 fully saturated rings. The Morgan fingerprint density at radius 2 is 2.18 bits per heavy atom. The van der Waals surface area contributed by atoms with Gasteiger partial charge in [-0.3, -0.25) is 9.98 Å². The molecule has 0 bridgehead atoms. The van der Waals surface area contributed by atoms with Crippen LogP contribution >= 0.6 is 11.8 Å². The SMILES string of the molecule is CC[C@@H]1CSC2=N[C@H](c3ccccn3)[C@@H](c3cccn3C)N21. The average Bonchev–Trinajstić information content (AvgIpc) is 3.22. The predicted molar refractivity (Wildman–Crippen MR) is 90.9 cm³/mol. The lowest BCUT2D eigenvalue weighted by molar-refractivity contribution is 0.247. The second-order valence-corrected chi connectivity index (χ2v) is 6.87. The topological polar surface area (TPSA) is 33.4 Å². The van der Waals surface area contributed by atoms with Crippen LogP contribution in [0.25, 0.3) is 0 Å². The molecule has 114 valence electrons. The van der Waals surface area contributed by atoms with Crippen molar-refractivity contribution in [1.29, 1.82) is 0 Å². The summed E-state index contributed by atoms with van der Waals surface area (Å²) in [5, 5.41) is 1.19. The molecule has 0 saturated carbocycles. The van der Waals surface area contributed by atoms with Gasteiger partial charge in [0.1, 0.15) is 6.04 Å². The minimum atomic E-state index is 0.0895. The zero-order chi connectivity index (χ0) is 15.1. The number of aromatic nitrogens is 2. The van der Waals surface area contributed by atoms with Crippen molar-refractivity contribution >= 4 is 16.9 Å². The predicted octanol–water partition coefficient (Wildman–Crippen LogP) is 3.40. The van der Waals surface area contributed by atoms with Crippen LogP contribution in [0.5, 0.6) is 0 Å². The van der Waals surface area contributed by atoms with Crippen LogP contribution in [0, 0.1) is 0 Å². The van der Waals surface area contributed by atoms with Gasteiger partial charge in [0.15, 0.2) is 5.17 Å². The normalized spacial score (nSPS) is 27.1. The maximum atomic E-state index is 5.03. The van der Waals surface area contributed by atoms with Gasteiger partial charge in [0.05, 0.1) is 11.7 Å². The van der Waals surface area contributed by atoms with Crippen molar-refractivity contribution in [2.45, 2.75) is 31.5 Å². The number of fused-ring (bicyclic) bond motifs is 1. The molecule has 1 saturated heterocycles. The molecule has 5 heteroatoms. The highest BCUT2D eigenvalue weighted by Crippen LogP contribution is 2.48. The maximum Gasteiger partial charge on any atom is 0.160 e. The van der Waals surface area contributed by atoms with Gasteiger partial charge in [-0.25, -0.2) is 0 Å². The van der Waals surface area contributed by atoms with E-state index in [1.165, 1.54) is 10.9 Å². The summed E-state index contributed by atoms with van der Waals surface area (Å²) in [7, 11) is 2.12. The Bertz CT molecular complexity index is 694. The second-order valence-electron chi connectivity index (χ2n) is 5.88. The third-order valence-corrected chi connectivity index (χ3v) is 5.74. The van der Waals surface area contributed by atoms with E-state index < -0.39 is 0 Å². The molecule has 2 aromatic rings. The van der Waals surface area contributed by atoms with Crippen molar-refractivity contribution in [1.82, 2.24) is 14.5 Å². The number of amidine groups is 1. The van der Waals surface area contributed by atoms with Gasteiger partial charge in [-0.2, -0.15) is 0 Å². The van der Waals surface area contributed by atoms with Crippen LogP contribution in [-0.4, -0.2) is 31.4 Å². The van der Waals surface area contributed by atoms with Gasteiger partial charge >= 0.3 is 0 Å². The van der Waals surface area contributed by atoms with Crippen molar-refractivity contribution in [2.24, 2.45) is 12.0 Å². The Balaban J connectivity index is 1.80. The summed E-state index contributed by atoms with van der Waals surface area (Å²) in [6, 6.07) is 11.4. The van der Waals surface area contributed by atoms with E-state index in [1.807, 2.05) is 24.0 Å². The van der Waals surface area contributed by atoms with E-state index in [-0.39, 0.29) is 12.1 Å². The molecule has 0 radical (unpaired) electrons. The molecular weight excluding hydrogens is 292 g/mol. The van der Waals surface area contributed by atoms with Crippen LogP contribution in [0.4, 0.5) is 0 Å². The Labute approximate surface area is 135 Å². The number of pyridine rings is 1. The van der Waals surface area contributed by atoms with E-state index in [0.717, 1.165) is 17.9 Å². The van der Waals surface area contributed by atoms with Crippen molar-refractivity contribution in [2.75, 3.05) is 5.75 Å². The molecule has 2 aromatic heterocycles. The fraction of sp³-hybridized carbons (Fsp3) is 0.412. The van der Waals surface area contributed by atoms with Crippen LogP contribution in [0.3, 0.4) is 0 Å². The van der Waals surface area contributed by atoms with Gasteiger partial charge in [-0.05, 0) is 30.7 Å². The fourth-order valence-corrected chi connectivity index (χ4v) is 4.79. The van der Waals surface area contributed by atoms with Crippen molar-refractivity contribution in [3.63, 3.8) is 0 Å². The van der Waals surface area contributed by atoms with Crippen LogP contribution in [0.15, 0.2) is 47.7 Å². The molecule has 2 aliphatic heterocycles. The van der Waals surface area contributed by atoms with Crippen LogP contribution in [0.2, 0.25) is 0 Å². The van der Waals surface area contributed by atoms with E-state index in [4.69, 9.17) is 4.99 Å². The van der Waals surface area contributed by atoms with Crippen LogP contribution < -0.4 is 0 Å². The number of thioether (sulfide) groups is 1. The molecule has 4 rings (SSSR count). The first kappa shape index (κ1) is 13.9. The van der Waals surface area contributed by atoms with E-state index in [2.05, 4.69) is 58.9 Å². The molecule has 0 amide bonds. The van der Waals surface area contributed by atoms with E-state index >= 15 is 0 Å². The summed E-state index contributed by atoms with van der Waals surface area (Å²) in [5.41, 5.74) is 2.38. The molecule has 0 aliphatic carbocycles. The van der Waals surface area contributed by atoms with Crippen LogP contribution in [-0.2, 0) is 7.05 Å². The standard InChI is InChI=1S/C17H20N4S/c1-3-12-11-22-17-19-15(13-7-4-5-9-18-13)16(21(12)17)14-8-6-10-20(14)2/h4-10,12,15-16H,3,11H2,1-2H3/t12-,15-,16-/m1/s1. The first-order valence-electron chi connectivity index (χ1n) is 7.80. The molecule has 4 heterocycles. The summed E-state index contributed by atoms with van der Waals surface area (Å²) < 4.78 is 2.22. The average molecular weight is 312 g/mol. The van der Waals surface area contributed by atoms with Crippen molar-refractivity contribution < 1.29 is 0 Å². The lowest BCUT2D eigenvalue weighted by Gasteiger charge is -2.31. The Morgan fingerprint density at radius 1 is 1.27 bits per heavy atom. The third kappa shape index (κ3) is 2.07. The number of aryl methyl sites for hydroxylation is 1. The van der Waals surface area contributed by atoms with Crippen molar-refractivity contribution in [3.05, 3.63) is 54.1 Å². The minimum Gasteiger partial charge on any atom is -0.353 e. The molecule has 2 aliphatic rings. The van der Waals surface area contributed by atoms with Gasteiger partial charge in [-0.1, -0.05) is 24.8 Å². The highest BCUT2D eigenvalue weighted by molar-refractivity contribution is 8.14. The molecule has 22 heavy (non-hydrogen) atoms. The quantitative estimate of drug-likeness (QED) is 0.871. The van der Waals surface area contributed by atoms with E-state index in [0.29, 0.717) is 6.04 Å². The number of hydrogen-bond donors (Lipinski definition) is 0. The Hall–Kier alpha value is -1.75. The molecular formula is C17H20N4S. The van der Waals surface area contributed by atoms with Crippen LogP contribution in [0.1, 0.15) is 36.8 Å². The Morgan fingerprint density at radius 3 is 2.86 bits per heavy atom. The molecule has 3 atom stereocenters. The number of aliphatic imine (C=N–C) groups is 1. The lowest BCUT2D eigenvalue weighted by atomic mass is 9.99. The zero-order valence-corrected chi connectivity index (χ0v) is 13.7. The van der Waals surface area contributed by atoms with Gasteiger partial charge in [0.2, 0.25) is 0 Å². The smallest absolute Gasteiger partial charge is 0.160 e. The van der Waals surface area contributed by atoms with E-state index in [1.54, 1.807) is 0 Å². The third-order valence-electron chi connectivity index (χ3n) is 4.62. The summed E-state index contributed by atoms with van der Waals surface area (Å²) >= 11 is 1.89. The Kier molecular flexibility index (Phi) is 3.45. The van der Waals surface area contributed by atoms with Gasteiger partial charge in [-0.15, -0.1) is 0 Å². The van der Waals surface area contributed by atoms with Gasteiger partial charge < -0.3 is 9.47 Å². The molecule has 0 spiro atoms. The van der Waals surface area contributed by atoms with Gasteiger partial charge in [0.25, 0.3) is 0 Å². The lowest BCUT2D eigenvalue weighted by Crippen LogP contribution is -2.36. The molecule has 0 aromatic carbocycles. The van der Waals surface area contributed by atoms with E-state index in [9.17, 15) is 0 Å². The highest BCUT2D eigenvalue weighted by atomic mass is 32.2. The highest BCUT2D eigenvalue weighted by Gasteiger charge is 2.46. The largest absolute Gasteiger partial charge is 0.353 e. The first-order chi connectivity index (χ1) is 10.8. The molecule has 4 nitrogen and oxygen atoms in total. The van der Waals surface area contributed by atoms with Crippen molar-refractivity contribution in [3.8, 4) is 0 Å². The summed E-state index contributed by atoms with van der Waals surface area (Å²) in [4.78, 5) is 12.1. The zero-order valence-electron chi connectivity index (χ0n) is 12.9. The number of hydrogen-bond acceptors (Lipinski definition) is 4. The number of rotatable bonds is 3. The molecule has 0 N–H and O–H groups in total. The summed E-state index contributed by atoms with van der Waals surface area (Å²) in [6.07, 6.45) is 5.14. The minimum absolute atomic E-state index is 0.0895. The molecule has 0 unspecified atom stereocenters.